The van der Waals surface area contributed by atoms with Crippen molar-refractivity contribution in [3.8, 4) is 11.5 Å². The number of ether oxygens (including phenoxy) is 2. The van der Waals surface area contributed by atoms with Gasteiger partial charge in [-0.15, -0.1) is 0 Å². The fourth-order valence-corrected chi connectivity index (χ4v) is 4.50. The second-order valence-corrected chi connectivity index (χ2v) is 8.78. The number of halogens is 2. The molecule has 0 saturated carbocycles. The Balaban J connectivity index is 1.78. The van der Waals surface area contributed by atoms with Crippen LogP contribution in [0.1, 0.15) is 0 Å². The van der Waals surface area contributed by atoms with Crippen molar-refractivity contribution in [3.05, 3.63) is 87.4 Å². The molecule has 6 nitrogen and oxygen atoms in total. The summed E-state index contributed by atoms with van der Waals surface area (Å²) in [7, 11) is 3.06. The van der Waals surface area contributed by atoms with Crippen LogP contribution in [0, 0.1) is 0 Å². The molecule has 0 spiro atoms. The molecule has 9 heteroatoms. The van der Waals surface area contributed by atoms with E-state index in [0.717, 1.165) is 21.6 Å². The highest BCUT2D eigenvalue weighted by Gasteiger charge is 2.41. The van der Waals surface area contributed by atoms with Gasteiger partial charge in [0.1, 0.15) is 22.1 Å². The molecule has 0 unspecified atom stereocenters. The molecule has 0 radical (unpaired) electrons. The average molecular weight is 501 g/mol. The first kappa shape index (κ1) is 23.0. The molecular weight excluding hydrogens is 483 g/mol. The zero-order valence-electron chi connectivity index (χ0n) is 17.6. The largest absolute Gasteiger partial charge is 0.497 e. The monoisotopic (exact) mass is 500 g/mol. The van der Waals surface area contributed by atoms with Gasteiger partial charge in [-0.05, 0) is 48.5 Å². The first-order chi connectivity index (χ1) is 15.9. The summed E-state index contributed by atoms with van der Waals surface area (Å²) in [4.78, 5) is 29.0. The van der Waals surface area contributed by atoms with Gasteiger partial charge >= 0.3 is 0 Å². The molecule has 0 atom stereocenters. The van der Waals surface area contributed by atoms with Gasteiger partial charge in [0.25, 0.3) is 11.8 Å². The number of imide groups is 1. The zero-order valence-corrected chi connectivity index (χ0v) is 19.9. The lowest BCUT2D eigenvalue weighted by Gasteiger charge is -2.17. The van der Waals surface area contributed by atoms with Gasteiger partial charge < -0.3 is 14.8 Å². The Morgan fingerprint density at radius 1 is 0.879 bits per heavy atom. The molecule has 0 fully saturated rings. The van der Waals surface area contributed by atoms with E-state index in [9.17, 15) is 9.59 Å². The SMILES string of the molecule is COc1ccc(NC2=C(Sc3ccc(Cl)cc3)C(=O)N(c3ccccc3Cl)C2=O)c(OC)c1. The van der Waals surface area contributed by atoms with Crippen molar-refractivity contribution in [2.75, 3.05) is 24.4 Å². The quantitative estimate of drug-likeness (QED) is 0.401. The van der Waals surface area contributed by atoms with Crippen LogP contribution in [-0.4, -0.2) is 26.0 Å². The number of nitrogens with zero attached hydrogens (tertiary/aromatic N) is 1. The third kappa shape index (κ3) is 4.66. The van der Waals surface area contributed by atoms with Gasteiger partial charge in [0, 0.05) is 16.0 Å². The fourth-order valence-electron chi connectivity index (χ4n) is 3.22. The zero-order chi connectivity index (χ0) is 23.5. The highest BCUT2D eigenvalue weighted by atomic mass is 35.5. The van der Waals surface area contributed by atoms with E-state index < -0.39 is 11.8 Å². The molecule has 0 bridgehead atoms. The van der Waals surface area contributed by atoms with Gasteiger partial charge in [-0.25, -0.2) is 4.90 Å². The number of hydrogen-bond donors (Lipinski definition) is 1. The summed E-state index contributed by atoms with van der Waals surface area (Å²) in [6, 6.07) is 18.8. The molecule has 0 saturated heterocycles. The average Bonchev–Trinajstić information content (AvgIpc) is 3.05. The van der Waals surface area contributed by atoms with Gasteiger partial charge in [0.2, 0.25) is 0 Å². The summed E-state index contributed by atoms with van der Waals surface area (Å²) in [6.07, 6.45) is 0. The molecule has 3 aromatic carbocycles. The summed E-state index contributed by atoms with van der Waals surface area (Å²) in [6.45, 7) is 0. The maximum atomic E-state index is 13.5. The molecule has 2 amide bonds. The van der Waals surface area contributed by atoms with Crippen LogP contribution in [0.4, 0.5) is 11.4 Å². The normalized spacial score (nSPS) is 13.5. The lowest BCUT2D eigenvalue weighted by atomic mass is 10.2. The number of thioether (sulfide) groups is 1. The third-order valence-corrected chi connectivity index (χ3v) is 6.50. The molecule has 3 aromatic rings. The van der Waals surface area contributed by atoms with Crippen molar-refractivity contribution in [2.24, 2.45) is 0 Å². The molecule has 168 valence electrons. The van der Waals surface area contributed by atoms with Gasteiger partial charge in [-0.2, -0.15) is 0 Å². The number of methoxy groups -OCH3 is 2. The smallest absolute Gasteiger partial charge is 0.283 e. The van der Waals surface area contributed by atoms with Crippen molar-refractivity contribution in [2.45, 2.75) is 4.90 Å². The Morgan fingerprint density at radius 3 is 2.27 bits per heavy atom. The molecule has 33 heavy (non-hydrogen) atoms. The maximum absolute atomic E-state index is 13.5. The Morgan fingerprint density at radius 2 is 1.61 bits per heavy atom. The van der Waals surface area contributed by atoms with E-state index in [2.05, 4.69) is 5.32 Å². The molecule has 4 rings (SSSR count). The van der Waals surface area contributed by atoms with Crippen molar-refractivity contribution >= 4 is 58.2 Å². The second-order valence-electron chi connectivity index (χ2n) is 6.85. The van der Waals surface area contributed by atoms with Crippen LogP contribution < -0.4 is 19.7 Å². The molecule has 0 aromatic heterocycles. The standard InChI is InChI=1S/C24H18Cl2N2O4S/c1-31-15-9-12-18(20(13-15)32-2)27-21-22(33-16-10-7-14(25)8-11-16)24(30)28(23(21)29)19-6-4-3-5-17(19)26/h3-13,27H,1-2H3. The van der Waals surface area contributed by atoms with Crippen LogP contribution >= 0.6 is 35.0 Å². The summed E-state index contributed by atoms with van der Waals surface area (Å²) >= 11 is 13.5. The van der Waals surface area contributed by atoms with Gasteiger partial charge in [0.15, 0.2) is 0 Å². The fraction of sp³-hybridized carbons (Fsp3) is 0.0833. The Bertz CT molecular complexity index is 1260. The summed E-state index contributed by atoms with van der Waals surface area (Å²) in [5.41, 5.74) is 0.926. The lowest BCUT2D eigenvalue weighted by molar-refractivity contribution is -0.120. The number of hydrogen-bond acceptors (Lipinski definition) is 6. The number of benzene rings is 3. The van der Waals surface area contributed by atoms with Crippen molar-refractivity contribution in [1.29, 1.82) is 0 Å². The second kappa shape index (κ2) is 9.79. The van der Waals surface area contributed by atoms with Crippen molar-refractivity contribution in [1.82, 2.24) is 0 Å². The number of carbonyl (C=O) groups is 2. The van der Waals surface area contributed by atoms with E-state index in [1.54, 1.807) is 73.8 Å². The Kier molecular flexibility index (Phi) is 6.83. The van der Waals surface area contributed by atoms with E-state index in [4.69, 9.17) is 32.7 Å². The van der Waals surface area contributed by atoms with Crippen LogP contribution in [0.15, 0.2) is 82.2 Å². The number of carbonyl (C=O) groups excluding carboxylic acids is 2. The minimum atomic E-state index is -0.526. The first-order valence-corrected chi connectivity index (χ1v) is 11.3. The predicted octanol–water partition coefficient (Wildman–Crippen LogP) is 6.00. The number of amides is 2. The van der Waals surface area contributed by atoms with Crippen LogP contribution in [-0.2, 0) is 9.59 Å². The van der Waals surface area contributed by atoms with E-state index >= 15 is 0 Å². The van der Waals surface area contributed by atoms with Crippen LogP contribution in [0.5, 0.6) is 11.5 Å². The van der Waals surface area contributed by atoms with E-state index in [1.165, 1.54) is 7.11 Å². The molecule has 1 aliphatic heterocycles. The van der Waals surface area contributed by atoms with Crippen molar-refractivity contribution in [3.63, 3.8) is 0 Å². The van der Waals surface area contributed by atoms with Crippen LogP contribution in [0.2, 0.25) is 10.0 Å². The third-order valence-electron chi connectivity index (χ3n) is 4.84. The molecular formula is C24H18Cl2N2O4S. The molecule has 1 heterocycles. The summed E-state index contributed by atoms with van der Waals surface area (Å²) in [5.74, 6) is 0.0354. The number of nitrogens with one attached hydrogen (secondary N) is 1. The van der Waals surface area contributed by atoms with Crippen molar-refractivity contribution < 1.29 is 19.1 Å². The van der Waals surface area contributed by atoms with Gasteiger partial charge in [-0.3, -0.25) is 9.59 Å². The Labute approximate surface area is 205 Å². The topological polar surface area (TPSA) is 67.9 Å². The number of anilines is 2. The summed E-state index contributed by atoms with van der Waals surface area (Å²) in [5, 5.41) is 3.95. The maximum Gasteiger partial charge on any atom is 0.283 e. The highest BCUT2D eigenvalue weighted by molar-refractivity contribution is 8.04. The van der Waals surface area contributed by atoms with Crippen LogP contribution in [0.3, 0.4) is 0 Å². The van der Waals surface area contributed by atoms with Gasteiger partial charge in [0.05, 0.1) is 30.6 Å². The van der Waals surface area contributed by atoms with E-state index in [0.29, 0.717) is 32.9 Å². The van der Waals surface area contributed by atoms with Crippen LogP contribution in [0.25, 0.3) is 0 Å². The highest BCUT2D eigenvalue weighted by Crippen LogP contribution is 2.41. The van der Waals surface area contributed by atoms with Gasteiger partial charge in [-0.1, -0.05) is 47.1 Å². The minimum Gasteiger partial charge on any atom is -0.497 e. The molecule has 1 aliphatic rings. The lowest BCUT2D eigenvalue weighted by Crippen LogP contribution is -2.32. The minimum absolute atomic E-state index is 0.114. The summed E-state index contributed by atoms with van der Waals surface area (Å²) < 4.78 is 10.7. The molecule has 1 N–H and O–H groups in total. The van der Waals surface area contributed by atoms with E-state index in [1.807, 2.05) is 0 Å². The predicted molar refractivity (Wildman–Crippen MR) is 131 cm³/mol. The van der Waals surface area contributed by atoms with E-state index in [-0.39, 0.29) is 10.6 Å². The number of para-hydroxylation sites is 1. The molecule has 0 aliphatic carbocycles. The number of rotatable bonds is 7. The Hall–Kier alpha value is -3.13. The first-order valence-electron chi connectivity index (χ1n) is 9.73.